The third kappa shape index (κ3) is 2.45. The first-order valence-corrected chi connectivity index (χ1v) is 6.60. The molecule has 88 valence electrons. The molecule has 5 heteroatoms. The first-order chi connectivity index (χ1) is 7.70. The maximum Gasteiger partial charge on any atom is 0.168 e. The van der Waals surface area contributed by atoms with E-state index in [1.807, 2.05) is 0 Å². The van der Waals surface area contributed by atoms with Gasteiger partial charge < -0.3 is 5.32 Å². The quantitative estimate of drug-likeness (QED) is 0.884. The van der Waals surface area contributed by atoms with Gasteiger partial charge in [-0.3, -0.25) is 0 Å². The summed E-state index contributed by atoms with van der Waals surface area (Å²) in [7, 11) is 0. The molecule has 0 saturated heterocycles. The van der Waals surface area contributed by atoms with Crippen LogP contribution in [0.5, 0.6) is 0 Å². The molecule has 2 rings (SSSR count). The Bertz CT molecular complexity index is 373. The number of rotatable bonds is 3. The van der Waals surface area contributed by atoms with Crippen LogP contribution >= 0.6 is 11.8 Å². The number of pyridine rings is 1. The zero-order chi connectivity index (χ0) is 11.5. The van der Waals surface area contributed by atoms with Gasteiger partial charge in [-0.1, -0.05) is 6.42 Å². The van der Waals surface area contributed by atoms with Gasteiger partial charge in [0.1, 0.15) is 5.82 Å². The van der Waals surface area contributed by atoms with E-state index in [9.17, 15) is 8.78 Å². The first kappa shape index (κ1) is 11.6. The lowest BCUT2D eigenvalue weighted by molar-refractivity contribution is 0.572. The summed E-state index contributed by atoms with van der Waals surface area (Å²) in [6.07, 6.45) is 6.39. The van der Waals surface area contributed by atoms with Crippen LogP contribution in [0.4, 0.5) is 14.6 Å². The van der Waals surface area contributed by atoms with E-state index in [1.54, 1.807) is 11.8 Å². The number of aromatic nitrogens is 1. The molecule has 1 aliphatic rings. The third-order valence-corrected chi connectivity index (χ3v) is 4.05. The molecule has 1 N–H and O–H groups in total. The van der Waals surface area contributed by atoms with Gasteiger partial charge in [0.05, 0.1) is 6.20 Å². The van der Waals surface area contributed by atoms with Crippen molar-refractivity contribution in [3.05, 3.63) is 23.9 Å². The van der Waals surface area contributed by atoms with Gasteiger partial charge in [0.15, 0.2) is 11.6 Å². The second-order valence-corrected chi connectivity index (χ2v) is 5.02. The van der Waals surface area contributed by atoms with Gasteiger partial charge in [0.25, 0.3) is 0 Å². The van der Waals surface area contributed by atoms with Crippen molar-refractivity contribution in [3.8, 4) is 0 Å². The SMILES string of the molecule is CSC1CCCC1Nc1ncc(F)cc1F. The fourth-order valence-corrected chi connectivity index (χ4v) is 3.00. The molecule has 2 unspecified atom stereocenters. The largest absolute Gasteiger partial charge is 0.364 e. The second kappa shape index (κ2) is 4.99. The molecule has 0 radical (unpaired) electrons. The van der Waals surface area contributed by atoms with Crippen LogP contribution in [-0.2, 0) is 0 Å². The lowest BCUT2D eigenvalue weighted by atomic mass is 10.2. The molecule has 1 aliphatic carbocycles. The standard InChI is InChI=1S/C11H14F2N2S/c1-16-10-4-2-3-9(10)15-11-8(13)5-7(12)6-14-11/h5-6,9-10H,2-4H2,1H3,(H,14,15). The number of nitrogens with zero attached hydrogens (tertiary/aromatic N) is 1. The maximum absolute atomic E-state index is 13.4. The molecule has 1 saturated carbocycles. The zero-order valence-corrected chi connectivity index (χ0v) is 9.86. The Morgan fingerprint density at radius 3 is 2.94 bits per heavy atom. The molecule has 2 nitrogen and oxygen atoms in total. The van der Waals surface area contributed by atoms with E-state index in [-0.39, 0.29) is 11.9 Å². The van der Waals surface area contributed by atoms with Gasteiger partial charge in [-0.15, -0.1) is 0 Å². The first-order valence-electron chi connectivity index (χ1n) is 5.31. The maximum atomic E-state index is 13.4. The van der Waals surface area contributed by atoms with Crippen molar-refractivity contribution in [2.75, 3.05) is 11.6 Å². The Morgan fingerprint density at radius 2 is 2.25 bits per heavy atom. The molecule has 16 heavy (non-hydrogen) atoms. The molecule has 1 heterocycles. The monoisotopic (exact) mass is 244 g/mol. The van der Waals surface area contributed by atoms with Crippen molar-refractivity contribution in [1.82, 2.24) is 4.98 Å². The number of anilines is 1. The van der Waals surface area contributed by atoms with Gasteiger partial charge in [-0.25, -0.2) is 13.8 Å². The van der Waals surface area contributed by atoms with Crippen LogP contribution in [0.15, 0.2) is 12.3 Å². The fraction of sp³-hybridized carbons (Fsp3) is 0.545. The van der Waals surface area contributed by atoms with Crippen molar-refractivity contribution < 1.29 is 8.78 Å². The average molecular weight is 244 g/mol. The third-order valence-electron chi connectivity index (χ3n) is 2.89. The Balaban J connectivity index is 2.08. The van der Waals surface area contributed by atoms with Crippen molar-refractivity contribution in [2.24, 2.45) is 0 Å². The van der Waals surface area contributed by atoms with Crippen molar-refractivity contribution in [1.29, 1.82) is 0 Å². The number of halogens is 2. The van der Waals surface area contributed by atoms with Crippen LogP contribution in [-0.4, -0.2) is 22.5 Å². The average Bonchev–Trinajstić information content (AvgIpc) is 2.69. The summed E-state index contributed by atoms with van der Waals surface area (Å²) in [5, 5.41) is 3.56. The molecule has 0 aromatic carbocycles. The number of thioether (sulfide) groups is 1. The molecule has 0 spiro atoms. The second-order valence-electron chi connectivity index (χ2n) is 3.94. The summed E-state index contributed by atoms with van der Waals surface area (Å²) < 4.78 is 26.0. The lowest BCUT2D eigenvalue weighted by Gasteiger charge is -2.19. The highest BCUT2D eigenvalue weighted by Gasteiger charge is 2.27. The van der Waals surface area contributed by atoms with E-state index < -0.39 is 11.6 Å². The number of nitrogens with one attached hydrogen (secondary N) is 1. The zero-order valence-electron chi connectivity index (χ0n) is 9.04. The van der Waals surface area contributed by atoms with E-state index in [4.69, 9.17) is 0 Å². The molecule has 0 aliphatic heterocycles. The van der Waals surface area contributed by atoms with E-state index >= 15 is 0 Å². The highest BCUT2D eigenvalue weighted by molar-refractivity contribution is 7.99. The predicted octanol–water partition coefficient (Wildman–Crippen LogP) is 3.06. The van der Waals surface area contributed by atoms with Crippen LogP contribution in [0.1, 0.15) is 19.3 Å². The van der Waals surface area contributed by atoms with Crippen LogP contribution in [0.3, 0.4) is 0 Å². The minimum Gasteiger partial charge on any atom is -0.364 e. The summed E-state index contributed by atoms with van der Waals surface area (Å²) in [5.41, 5.74) is 0. The Labute approximate surface area is 97.8 Å². The molecular formula is C11H14F2N2S. The molecular weight excluding hydrogens is 230 g/mol. The molecule has 2 atom stereocenters. The van der Waals surface area contributed by atoms with Crippen molar-refractivity contribution in [2.45, 2.75) is 30.6 Å². The van der Waals surface area contributed by atoms with E-state index in [1.165, 1.54) is 0 Å². The van der Waals surface area contributed by atoms with E-state index in [2.05, 4.69) is 16.6 Å². The van der Waals surface area contributed by atoms with Crippen LogP contribution in [0.2, 0.25) is 0 Å². The van der Waals surface area contributed by atoms with Gasteiger partial charge in [-0.05, 0) is 19.1 Å². The smallest absolute Gasteiger partial charge is 0.168 e. The summed E-state index contributed by atoms with van der Waals surface area (Å²) in [4.78, 5) is 3.74. The van der Waals surface area contributed by atoms with Crippen LogP contribution < -0.4 is 5.32 Å². The predicted molar refractivity (Wildman–Crippen MR) is 62.7 cm³/mol. The summed E-state index contributed by atoms with van der Waals surface area (Å²) in [6.45, 7) is 0. The fourth-order valence-electron chi connectivity index (χ4n) is 2.07. The minimum absolute atomic E-state index is 0.160. The van der Waals surface area contributed by atoms with Gasteiger partial charge >= 0.3 is 0 Å². The Morgan fingerprint density at radius 1 is 1.44 bits per heavy atom. The molecule has 0 amide bonds. The topological polar surface area (TPSA) is 24.9 Å². The highest BCUT2D eigenvalue weighted by atomic mass is 32.2. The lowest BCUT2D eigenvalue weighted by Crippen LogP contribution is -2.26. The molecule has 1 aromatic heterocycles. The van der Waals surface area contributed by atoms with Crippen LogP contribution in [0.25, 0.3) is 0 Å². The van der Waals surface area contributed by atoms with Gasteiger partial charge in [-0.2, -0.15) is 11.8 Å². The highest BCUT2D eigenvalue weighted by Crippen LogP contribution is 2.30. The minimum atomic E-state index is -0.643. The van der Waals surface area contributed by atoms with Crippen LogP contribution in [0, 0.1) is 11.6 Å². The number of hydrogen-bond acceptors (Lipinski definition) is 3. The summed E-state index contributed by atoms with van der Waals surface area (Å²) in [6, 6.07) is 1.10. The summed E-state index contributed by atoms with van der Waals surface area (Å²) in [5.74, 6) is -1.10. The van der Waals surface area contributed by atoms with Gasteiger partial charge in [0, 0.05) is 17.4 Å². The summed E-state index contributed by atoms with van der Waals surface area (Å²) >= 11 is 1.78. The van der Waals surface area contributed by atoms with Crippen molar-refractivity contribution in [3.63, 3.8) is 0 Å². The van der Waals surface area contributed by atoms with E-state index in [0.717, 1.165) is 31.5 Å². The molecule has 1 aromatic rings. The molecule has 1 fully saturated rings. The Kier molecular flexibility index (Phi) is 3.63. The molecule has 0 bridgehead atoms. The van der Waals surface area contributed by atoms with Gasteiger partial charge in [0.2, 0.25) is 0 Å². The number of hydrogen-bond donors (Lipinski definition) is 1. The van der Waals surface area contributed by atoms with E-state index in [0.29, 0.717) is 5.25 Å². The normalized spacial score (nSPS) is 24.7. The Hall–Kier alpha value is -0.840. The van der Waals surface area contributed by atoms with Crippen molar-refractivity contribution >= 4 is 17.6 Å².